The Hall–Kier alpha value is -2.32. The van der Waals surface area contributed by atoms with Crippen molar-refractivity contribution < 1.29 is 4.74 Å². The van der Waals surface area contributed by atoms with Crippen LogP contribution in [0.15, 0.2) is 18.5 Å². The van der Waals surface area contributed by atoms with Crippen molar-refractivity contribution in [2.75, 3.05) is 20.2 Å². The SMILES string of the molecule is CO[C@@H]1CN(Cc2cnc3c(c2)c(C)nn3C)C[C@H]1c1cn(C)nn1. The Balaban J connectivity index is 1.54. The fourth-order valence-electron chi connectivity index (χ4n) is 3.73. The number of fused-ring (bicyclic) bond motifs is 1. The summed E-state index contributed by atoms with van der Waals surface area (Å²) in [5.41, 5.74) is 4.13. The Labute approximate surface area is 146 Å². The molecule has 3 aromatic rings. The van der Waals surface area contributed by atoms with Crippen LogP contribution in [0.1, 0.15) is 22.9 Å². The molecule has 1 fully saturated rings. The van der Waals surface area contributed by atoms with E-state index in [1.807, 2.05) is 38.1 Å². The first-order valence-corrected chi connectivity index (χ1v) is 8.44. The van der Waals surface area contributed by atoms with E-state index in [0.717, 1.165) is 42.1 Å². The van der Waals surface area contributed by atoms with Crippen molar-refractivity contribution in [1.82, 2.24) is 34.7 Å². The lowest BCUT2D eigenvalue weighted by atomic mass is 10.0. The number of methoxy groups -OCH3 is 1. The second kappa shape index (κ2) is 6.20. The molecular formula is C17H23N7O. The van der Waals surface area contributed by atoms with Crippen LogP contribution in [0.25, 0.3) is 11.0 Å². The van der Waals surface area contributed by atoms with E-state index in [-0.39, 0.29) is 12.0 Å². The van der Waals surface area contributed by atoms with Gasteiger partial charge in [0.05, 0.1) is 17.5 Å². The van der Waals surface area contributed by atoms with E-state index in [4.69, 9.17) is 4.74 Å². The quantitative estimate of drug-likeness (QED) is 0.705. The van der Waals surface area contributed by atoms with Crippen LogP contribution in [0.5, 0.6) is 0 Å². The third-order valence-corrected chi connectivity index (χ3v) is 4.97. The van der Waals surface area contributed by atoms with Gasteiger partial charge in [0, 0.05) is 64.5 Å². The molecular weight excluding hydrogens is 318 g/mol. The molecule has 4 heterocycles. The molecule has 0 radical (unpaired) electrons. The van der Waals surface area contributed by atoms with Crippen LogP contribution in [-0.2, 0) is 25.4 Å². The average Bonchev–Trinajstić information content (AvgIpc) is 3.26. The Bertz CT molecular complexity index is 900. The Morgan fingerprint density at radius 3 is 2.84 bits per heavy atom. The van der Waals surface area contributed by atoms with Crippen LogP contribution in [0, 0.1) is 6.92 Å². The maximum Gasteiger partial charge on any atom is 0.157 e. The smallest absolute Gasteiger partial charge is 0.157 e. The van der Waals surface area contributed by atoms with Crippen LogP contribution in [0.3, 0.4) is 0 Å². The number of aromatic nitrogens is 6. The van der Waals surface area contributed by atoms with E-state index in [9.17, 15) is 0 Å². The van der Waals surface area contributed by atoms with E-state index in [0.29, 0.717) is 0 Å². The van der Waals surface area contributed by atoms with Gasteiger partial charge in [-0.25, -0.2) is 4.98 Å². The summed E-state index contributed by atoms with van der Waals surface area (Å²) in [6.07, 6.45) is 4.06. The van der Waals surface area contributed by atoms with Crippen molar-refractivity contribution in [2.24, 2.45) is 14.1 Å². The van der Waals surface area contributed by atoms with E-state index >= 15 is 0 Å². The van der Waals surface area contributed by atoms with Gasteiger partial charge in [-0.15, -0.1) is 5.10 Å². The molecule has 0 saturated carbocycles. The fraction of sp³-hybridized carbons (Fsp3) is 0.529. The minimum Gasteiger partial charge on any atom is -0.379 e. The van der Waals surface area contributed by atoms with Crippen molar-refractivity contribution >= 4 is 11.0 Å². The summed E-state index contributed by atoms with van der Waals surface area (Å²) in [6.45, 7) is 4.64. The van der Waals surface area contributed by atoms with Gasteiger partial charge >= 0.3 is 0 Å². The van der Waals surface area contributed by atoms with Gasteiger partial charge in [0.2, 0.25) is 0 Å². The maximum atomic E-state index is 5.70. The molecule has 0 aliphatic carbocycles. The first-order valence-electron chi connectivity index (χ1n) is 8.44. The minimum atomic E-state index is 0.133. The van der Waals surface area contributed by atoms with E-state index in [1.165, 1.54) is 5.56 Å². The Morgan fingerprint density at radius 2 is 2.12 bits per heavy atom. The predicted molar refractivity (Wildman–Crippen MR) is 93.1 cm³/mol. The first kappa shape index (κ1) is 16.2. The molecule has 1 aliphatic heterocycles. The molecule has 1 saturated heterocycles. The summed E-state index contributed by atoms with van der Waals surface area (Å²) >= 11 is 0. The second-order valence-corrected chi connectivity index (χ2v) is 6.82. The molecule has 2 atom stereocenters. The van der Waals surface area contributed by atoms with Crippen LogP contribution in [0.2, 0.25) is 0 Å². The van der Waals surface area contributed by atoms with Crippen LogP contribution < -0.4 is 0 Å². The van der Waals surface area contributed by atoms with Gasteiger partial charge in [0.15, 0.2) is 5.65 Å². The molecule has 25 heavy (non-hydrogen) atoms. The Morgan fingerprint density at radius 1 is 1.28 bits per heavy atom. The van der Waals surface area contributed by atoms with Gasteiger partial charge in [-0.1, -0.05) is 5.21 Å². The fourth-order valence-corrected chi connectivity index (χ4v) is 3.73. The third-order valence-electron chi connectivity index (χ3n) is 4.97. The number of rotatable bonds is 4. The number of hydrogen-bond donors (Lipinski definition) is 0. The van der Waals surface area contributed by atoms with Crippen molar-refractivity contribution in [2.45, 2.75) is 25.5 Å². The molecule has 0 spiro atoms. The first-order chi connectivity index (χ1) is 12.0. The molecule has 1 aliphatic rings. The molecule has 4 rings (SSSR count). The number of nitrogens with zero attached hydrogens (tertiary/aromatic N) is 7. The van der Waals surface area contributed by atoms with Gasteiger partial charge in [-0.05, 0) is 18.6 Å². The zero-order valence-corrected chi connectivity index (χ0v) is 15.0. The number of likely N-dealkylation sites (tertiary alicyclic amines) is 1. The molecule has 8 nitrogen and oxygen atoms in total. The number of aryl methyl sites for hydroxylation is 3. The summed E-state index contributed by atoms with van der Waals surface area (Å²) in [7, 11) is 5.59. The molecule has 0 amide bonds. The largest absolute Gasteiger partial charge is 0.379 e. The highest BCUT2D eigenvalue weighted by molar-refractivity contribution is 5.78. The normalized spacial score (nSPS) is 21.4. The van der Waals surface area contributed by atoms with Crippen molar-refractivity contribution in [3.63, 3.8) is 0 Å². The second-order valence-electron chi connectivity index (χ2n) is 6.82. The van der Waals surface area contributed by atoms with Crippen LogP contribution in [0.4, 0.5) is 0 Å². The van der Waals surface area contributed by atoms with Crippen LogP contribution in [-0.4, -0.2) is 61.0 Å². The summed E-state index contributed by atoms with van der Waals surface area (Å²) in [6, 6.07) is 2.20. The monoisotopic (exact) mass is 341 g/mol. The van der Waals surface area contributed by atoms with Gasteiger partial charge in [0.25, 0.3) is 0 Å². The molecule has 0 bridgehead atoms. The Kier molecular flexibility index (Phi) is 4.01. The number of pyridine rings is 1. The maximum absolute atomic E-state index is 5.70. The highest BCUT2D eigenvalue weighted by Gasteiger charge is 2.35. The van der Waals surface area contributed by atoms with Gasteiger partial charge in [-0.2, -0.15) is 5.10 Å². The molecule has 3 aromatic heterocycles. The summed E-state index contributed by atoms with van der Waals surface area (Å²) in [4.78, 5) is 6.97. The van der Waals surface area contributed by atoms with E-state index in [1.54, 1.807) is 11.8 Å². The van der Waals surface area contributed by atoms with E-state index < -0.39 is 0 Å². The molecule has 132 valence electrons. The zero-order chi connectivity index (χ0) is 17.6. The molecule has 8 heteroatoms. The highest BCUT2D eigenvalue weighted by Crippen LogP contribution is 2.29. The van der Waals surface area contributed by atoms with Crippen molar-refractivity contribution in [3.8, 4) is 0 Å². The number of ether oxygens (including phenoxy) is 1. The average molecular weight is 341 g/mol. The van der Waals surface area contributed by atoms with Crippen molar-refractivity contribution in [1.29, 1.82) is 0 Å². The van der Waals surface area contributed by atoms with Crippen LogP contribution >= 0.6 is 0 Å². The predicted octanol–water partition coefficient (Wildman–Crippen LogP) is 1.02. The van der Waals surface area contributed by atoms with Gasteiger partial charge in [0.1, 0.15) is 0 Å². The molecule has 0 N–H and O–H groups in total. The topological polar surface area (TPSA) is 73.9 Å². The molecule has 0 unspecified atom stereocenters. The number of hydrogen-bond acceptors (Lipinski definition) is 6. The summed E-state index contributed by atoms with van der Waals surface area (Å²) < 4.78 is 9.27. The lowest BCUT2D eigenvalue weighted by Crippen LogP contribution is -2.22. The minimum absolute atomic E-state index is 0.133. The summed E-state index contributed by atoms with van der Waals surface area (Å²) in [5, 5.41) is 13.9. The summed E-state index contributed by atoms with van der Waals surface area (Å²) in [5.74, 6) is 0.246. The lowest BCUT2D eigenvalue weighted by Gasteiger charge is -2.15. The van der Waals surface area contributed by atoms with Gasteiger partial charge < -0.3 is 4.74 Å². The zero-order valence-electron chi connectivity index (χ0n) is 15.0. The van der Waals surface area contributed by atoms with Crippen molar-refractivity contribution in [3.05, 3.63) is 35.4 Å². The standard InChI is InChI=1S/C17H23N7O/c1-11-13-5-12(6-18-17(13)23(3)20-11)7-24-8-14(16(10-24)25-4)15-9-22(2)21-19-15/h5-6,9,14,16H,7-8,10H2,1-4H3/t14-,16+/m0/s1. The van der Waals surface area contributed by atoms with E-state index in [2.05, 4.69) is 31.4 Å². The lowest BCUT2D eigenvalue weighted by molar-refractivity contribution is 0.0957. The highest BCUT2D eigenvalue weighted by atomic mass is 16.5. The van der Waals surface area contributed by atoms with Gasteiger partial charge in [-0.3, -0.25) is 14.3 Å². The molecule has 0 aromatic carbocycles. The third kappa shape index (κ3) is 2.91.